The van der Waals surface area contributed by atoms with Crippen LogP contribution in [0.4, 0.5) is 0 Å². The lowest BCUT2D eigenvalue weighted by Gasteiger charge is -2.01. The second-order valence-electron chi connectivity index (χ2n) is 2.80. The summed E-state index contributed by atoms with van der Waals surface area (Å²) in [5.41, 5.74) is 0.720. The summed E-state index contributed by atoms with van der Waals surface area (Å²) in [4.78, 5) is 10.8. The highest BCUT2D eigenvalue weighted by molar-refractivity contribution is 9.10. The Balaban J connectivity index is 2.91. The Hall–Kier alpha value is -1.15. The molecule has 2 aromatic carbocycles. The zero-order valence-electron chi connectivity index (χ0n) is 6.83. The molecule has 0 atom stereocenters. The van der Waals surface area contributed by atoms with Crippen LogP contribution in [0.2, 0.25) is 0 Å². The number of rotatable bonds is 1. The minimum Gasteiger partial charge on any atom is -0.298 e. The van der Waals surface area contributed by atoms with E-state index in [1.165, 1.54) is 0 Å². The molecule has 0 aliphatic rings. The molecule has 0 spiro atoms. The number of hydrogen-bond acceptors (Lipinski definition) is 1. The van der Waals surface area contributed by atoms with Gasteiger partial charge in [-0.1, -0.05) is 46.3 Å². The standard InChI is InChI=1S/C11H7BrO/c12-11-6-5-8-3-1-2-4-9(8)10(11)7-13/h1-7H. The number of hydrogen-bond donors (Lipinski definition) is 0. The molecule has 0 aliphatic heterocycles. The van der Waals surface area contributed by atoms with Crippen molar-refractivity contribution in [3.63, 3.8) is 0 Å². The molecule has 2 rings (SSSR count). The number of halogens is 1. The van der Waals surface area contributed by atoms with Gasteiger partial charge in [-0.05, 0) is 16.8 Å². The van der Waals surface area contributed by atoms with Crippen LogP contribution in [0, 0.1) is 0 Å². The lowest BCUT2D eigenvalue weighted by molar-refractivity contribution is 0.112. The maximum atomic E-state index is 10.8. The maximum Gasteiger partial charge on any atom is 0.151 e. The summed E-state index contributed by atoms with van der Waals surface area (Å²) in [6, 6.07) is 11.7. The Kier molecular flexibility index (Phi) is 2.15. The predicted octanol–water partition coefficient (Wildman–Crippen LogP) is 3.41. The summed E-state index contributed by atoms with van der Waals surface area (Å²) in [7, 11) is 0. The molecule has 0 saturated carbocycles. The van der Waals surface area contributed by atoms with Crippen LogP contribution >= 0.6 is 15.9 Å². The molecule has 2 heteroatoms. The highest BCUT2D eigenvalue weighted by Gasteiger charge is 2.02. The summed E-state index contributed by atoms with van der Waals surface area (Å²) in [5.74, 6) is 0. The Morgan fingerprint density at radius 3 is 2.62 bits per heavy atom. The van der Waals surface area contributed by atoms with Gasteiger partial charge in [0, 0.05) is 10.0 Å². The fourth-order valence-electron chi connectivity index (χ4n) is 1.39. The highest BCUT2D eigenvalue weighted by Crippen LogP contribution is 2.24. The summed E-state index contributed by atoms with van der Waals surface area (Å²) in [6.07, 6.45) is 0.881. The van der Waals surface area contributed by atoms with Gasteiger partial charge in [-0.15, -0.1) is 0 Å². The quantitative estimate of drug-likeness (QED) is 0.692. The van der Waals surface area contributed by atoms with Crippen molar-refractivity contribution in [2.75, 3.05) is 0 Å². The van der Waals surface area contributed by atoms with Crippen molar-refractivity contribution in [3.8, 4) is 0 Å². The van der Waals surface area contributed by atoms with Gasteiger partial charge in [0.2, 0.25) is 0 Å². The molecule has 0 fully saturated rings. The van der Waals surface area contributed by atoms with Crippen molar-refractivity contribution < 1.29 is 4.79 Å². The van der Waals surface area contributed by atoms with Crippen molar-refractivity contribution in [2.45, 2.75) is 0 Å². The van der Waals surface area contributed by atoms with Gasteiger partial charge in [0.1, 0.15) is 0 Å². The van der Waals surface area contributed by atoms with Crippen LogP contribution in [-0.2, 0) is 0 Å². The van der Waals surface area contributed by atoms with Gasteiger partial charge in [0.15, 0.2) is 6.29 Å². The molecule has 0 aliphatic carbocycles. The van der Waals surface area contributed by atoms with Crippen LogP contribution < -0.4 is 0 Å². The van der Waals surface area contributed by atoms with Crippen molar-refractivity contribution in [2.24, 2.45) is 0 Å². The fourth-order valence-corrected chi connectivity index (χ4v) is 1.83. The topological polar surface area (TPSA) is 17.1 Å². The number of carbonyl (C=O) groups excluding carboxylic acids is 1. The average molecular weight is 235 g/mol. The number of carbonyl (C=O) groups is 1. The summed E-state index contributed by atoms with van der Waals surface area (Å²) >= 11 is 3.35. The van der Waals surface area contributed by atoms with E-state index in [0.717, 1.165) is 27.1 Å². The van der Waals surface area contributed by atoms with Gasteiger partial charge < -0.3 is 0 Å². The first-order chi connectivity index (χ1) is 6.33. The molecule has 0 unspecified atom stereocenters. The first kappa shape index (κ1) is 8.45. The second kappa shape index (κ2) is 3.30. The van der Waals surface area contributed by atoms with E-state index in [1.807, 2.05) is 36.4 Å². The Bertz CT molecular complexity index is 463. The van der Waals surface area contributed by atoms with Crippen LogP contribution in [0.5, 0.6) is 0 Å². The molecule has 0 N–H and O–H groups in total. The van der Waals surface area contributed by atoms with Gasteiger partial charge in [-0.25, -0.2) is 0 Å². The third-order valence-corrected chi connectivity index (χ3v) is 2.73. The third kappa shape index (κ3) is 1.38. The Morgan fingerprint density at radius 2 is 1.85 bits per heavy atom. The average Bonchev–Trinajstić information content (AvgIpc) is 2.18. The van der Waals surface area contributed by atoms with Crippen LogP contribution in [-0.4, -0.2) is 6.29 Å². The summed E-state index contributed by atoms with van der Waals surface area (Å²) < 4.78 is 0.848. The van der Waals surface area contributed by atoms with Crippen molar-refractivity contribution in [1.82, 2.24) is 0 Å². The Labute approximate surface area is 84.5 Å². The van der Waals surface area contributed by atoms with Gasteiger partial charge in [0.25, 0.3) is 0 Å². The van der Waals surface area contributed by atoms with Gasteiger partial charge in [-0.2, -0.15) is 0 Å². The Morgan fingerprint density at radius 1 is 1.08 bits per heavy atom. The number of fused-ring (bicyclic) bond motifs is 1. The smallest absolute Gasteiger partial charge is 0.151 e. The van der Waals surface area contributed by atoms with Crippen LogP contribution in [0.3, 0.4) is 0 Å². The lowest BCUT2D eigenvalue weighted by atomic mass is 10.1. The fraction of sp³-hybridized carbons (Fsp3) is 0. The molecular formula is C11H7BrO. The van der Waals surface area contributed by atoms with Gasteiger partial charge >= 0.3 is 0 Å². The summed E-state index contributed by atoms with van der Waals surface area (Å²) in [6.45, 7) is 0. The second-order valence-corrected chi connectivity index (χ2v) is 3.65. The van der Waals surface area contributed by atoms with Crippen LogP contribution in [0.15, 0.2) is 40.9 Å². The predicted molar refractivity (Wildman–Crippen MR) is 57.0 cm³/mol. The first-order valence-electron chi connectivity index (χ1n) is 3.95. The molecule has 0 bridgehead atoms. The van der Waals surface area contributed by atoms with E-state index in [1.54, 1.807) is 0 Å². The van der Waals surface area contributed by atoms with E-state index in [-0.39, 0.29) is 0 Å². The number of aldehydes is 1. The van der Waals surface area contributed by atoms with E-state index in [2.05, 4.69) is 15.9 Å². The first-order valence-corrected chi connectivity index (χ1v) is 4.74. The molecular weight excluding hydrogens is 228 g/mol. The number of benzene rings is 2. The molecule has 0 aromatic heterocycles. The molecule has 13 heavy (non-hydrogen) atoms. The molecule has 0 radical (unpaired) electrons. The van der Waals surface area contributed by atoms with Crippen LogP contribution in [0.25, 0.3) is 10.8 Å². The zero-order valence-corrected chi connectivity index (χ0v) is 8.41. The highest BCUT2D eigenvalue weighted by atomic mass is 79.9. The van der Waals surface area contributed by atoms with Gasteiger partial charge in [-0.3, -0.25) is 4.79 Å². The molecule has 2 aromatic rings. The van der Waals surface area contributed by atoms with Crippen molar-refractivity contribution in [3.05, 3.63) is 46.4 Å². The maximum absolute atomic E-state index is 10.8. The largest absolute Gasteiger partial charge is 0.298 e. The molecule has 0 amide bonds. The van der Waals surface area contributed by atoms with Gasteiger partial charge in [0.05, 0.1) is 0 Å². The van der Waals surface area contributed by atoms with Crippen molar-refractivity contribution >= 4 is 33.0 Å². The minimum absolute atomic E-state index is 0.720. The minimum atomic E-state index is 0.720. The SMILES string of the molecule is O=Cc1c(Br)ccc2ccccc12. The lowest BCUT2D eigenvalue weighted by Crippen LogP contribution is -1.84. The van der Waals surface area contributed by atoms with E-state index >= 15 is 0 Å². The monoisotopic (exact) mass is 234 g/mol. The zero-order chi connectivity index (χ0) is 9.26. The molecule has 64 valence electrons. The molecule has 0 heterocycles. The third-order valence-electron chi connectivity index (χ3n) is 2.04. The molecule has 0 saturated heterocycles. The summed E-state index contributed by atoms with van der Waals surface area (Å²) in [5, 5.41) is 2.08. The normalized spacial score (nSPS) is 10.2. The van der Waals surface area contributed by atoms with E-state index in [0.29, 0.717) is 0 Å². The van der Waals surface area contributed by atoms with Crippen LogP contribution in [0.1, 0.15) is 10.4 Å². The van der Waals surface area contributed by atoms with Crippen molar-refractivity contribution in [1.29, 1.82) is 0 Å². The molecule has 1 nitrogen and oxygen atoms in total. The van der Waals surface area contributed by atoms with E-state index in [4.69, 9.17) is 0 Å². The van der Waals surface area contributed by atoms with E-state index < -0.39 is 0 Å². The van der Waals surface area contributed by atoms with E-state index in [9.17, 15) is 4.79 Å².